The number of halogens is 1. The lowest BCUT2D eigenvalue weighted by atomic mass is 10.2. The topological polar surface area (TPSA) is 102 Å². The first kappa shape index (κ1) is 16.7. The summed E-state index contributed by atoms with van der Waals surface area (Å²) in [7, 11) is 1.35. The van der Waals surface area contributed by atoms with Crippen LogP contribution in [0.3, 0.4) is 0 Å². The van der Waals surface area contributed by atoms with Crippen molar-refractivity contribution in [3.8, 4) is 5.75 Å². The van der Waals surface area contributed by atoms with Crippen LogP contribution in [0.4, 0.5) is 10.1 Å². The third-order valence-electron chi connectivity index (χ3n) is 3.41. The number of furan rings is 1. The van der Waals surface area contributed by atoms with Crippen molar-refractivity contribution in [2.75, 3.05) is 12.4 Å². The van der Waals surface area contributed by atoms with Gasteiger partial charge in [0.05, 0.1) is 26.1 Å². The summed E-state index contributed by atoms with van der Waals surface area (Å²) in [5.74, 6) is -0.681. The highest BCUT2D eigenvalue weighted by Gasteiger charge is 2.16. The predicted octanol–water partition coefficient (Wildman–Crippen LogP) is 2.00. The number of rotatable bonds is 6. The van der Waals surface area contributed by atoms with Crippen LogP contribution < -0.4 is 10.1 Å². The van der Waals surface area contributed by atoms with Gasteiger partial charge in [-0.05, 0) is 24.3 Å². The van der Waals surface area contributed by atoms with Gasteiger partial charge in [0.1, 0.15) is 11.9 Å². The number of aliphatic hydroxyl groups excluding tert-OH is 1. The maximum atomic E-state index is 13.6. The van der Waals surface area contributed by atoms with E-state index >= 15 is 0 Å². The Morgan fingerprint density at radius 1 is 1.48 bits per heavy atom. The molecule has 1 amide bonds. The predicted molar refractivity (Wildman–Crippen MR) is 84.6 cm³/mol. The average molecular weight is 346 g/mol. The Labute approximate surface area is 141 Å². The number of anilines is 1. The molecule has 3 aromatic rings. The summed E-state index contributed by atoms with van der Waals surface area (Å²) in [4.78, 5) is 12.1. The highest BCUT2D eigenvalue weighted by Crippen LogP contribution is 2.21. The molecule has 0 aliphatic rings. The van der Waals surface area contributed by atoms with E-state index in [0.29, 0.717) is 5.76 Å². The number of ether oxygens (including phenoxy) is 1. The molecule has 0 aliphatic carbocycles. The molecule has 2 N–H and O–H groups in total. The van der Waals surface area contributed by atoms with Crippen LogP contribution in [0.25, 0.3) is 0 Å². The summed E-state index contributed by atoms with van der Waals surface area (Å²) < 4.78 is 24.9. The number of amides is 1. The van der Waals surface area contributed by atoms with Crippen LogP contribution in [0.15, 0.2) is 47.2 Å². The quantitative estimate of drug-likeness (QED) is 0.708. The number of aliphatic hydroxyl groups is 1. The number of aromatic nitrogens is 3. The van der Waals surface area contributed by atoms with E-state index in [4.69, 9.17) is 9.15 Å². The normalized spacial score (nSPS) is 12.0. The Kier molecular flexibility index (Phi) is 4.75. The van der Waals surface area contributed by atoms with Gasteiger partial charge in [-0.3, -0.25) is 4.79 Å². The van der Waals surface area contributed by atoms with Crippen LogP contribution in [0.2, 0.25) is 0 Å². The van der Waals surface area contributed by atoms with Gasteiger partial charge in [-0.25, -0.2) is 9.07 Å². The minimum absolute atomic E-state index is 0.0304. The second kappa shape index (κ2) is 7.14. The SMILES string of the molecule is COc1ccc(NC(=O)c2cn(C[C@H](O)c3ccco3)nn2)cc1F. The summed E-state index contributed by atoms with van der Waals surface area (Å²) in [5.41, 5.74) is 0.288. The third kappa shape index (κ3) is 3.83. The maximum absolute atomic E-state index is 13.6. The molecule has 3 rings (SSSR count). The lowest BCUT2D eigenvalue weighted by Crippen LogP contribution is -2.13. The van der Waals surface area contributed by atoms with Gasteiger partial charge in [-0.1, -0.05) is 5.21 Å². The number of benzene rings is 1. The minimum Gasteiger partial charge on any atom is -0.494 e. The molecule has 2 aromatic heterocycles. The molecule has 0 unspecified atom stereocenters. The molecule has 0 aliphatic heterocycles. The van der Waals surface area contributed by atoms with Gasteiger partial charge < -0.3 is 19.6 Å². The van der Waals surface area contributed by atoms with E-state index in [0.717, 1.165) is 6.07 Å². The molecular weight excluding hydrogens is 331 g/mol. The van der Waals surface area contributed by atoms with Crippen LogP contribution in [0.5, 0.6) is 5.75 Å². The number of carbonyl (C=O) groups is 1. The van der Waals surface area contributed by atoms with Crippen molar-refractivity contribution in [3.05, 3.63) is 60.1 Å². The van der Waals surface area contributed by atoms with Crippen molar-refractivity contribution in [1.29, 1.82) is 0 Å². The molecular formula is C16H15FN4O4. The van der Waals surface area contributed by atoms with Crippen LogP contribution in [0.1, 0.15) is 22.4 Å². The zero-order valence-corrected chi connectivity index (χ0v) is 13.2. The van der Waals surface area contributed by atoms with Gasteiger partial charge in [0, 0.05) is 11.8 Å². The van der Waals surface area contributed by atoms with Gasteiger partial charge in [0.2, 0.25) is 0 Å². The van der Waals surface area contributed by atoms with Crippen molar-refractivity contribution >= 4 is 11.6 Å². The smallest absolute Gasteiger partial charge is 0.277 e. The summed E-state index contributed by atoms with van der Waals surface area (Å²) in [6.07, 6.45) is 1.91. The molecule has 9 heteroatoms. The zero-order valence-electron chi connectivity index (χ0n) is 13.2. The van der Waals surface area contributed by atoms with Crippen molar-refractivity contribution in [2.45, 2.75) is 12.6 Å². The summed E-state index contributed by atoms with van der Waals surface area (Å²) in [6.45, 7) is 0.0744. The Balaban J connectivity index is 1.65. The first-order valence-corrected chi connectivity index (χ1v) is 7.33. The molecule has 25 heavy (non-hydrogen) atoms. The van der Waals surface area contributed by atoms with E-state index in [1.807, 2.05) is 0 Å². The molecule has 0 saturated carbocycles. The number of carbonyl (C=O) groups excluding carboxylic acids is 1. The molecule has 0 fully saturated rings. The lowest BCUT2D eigenvalue weighted by molar-refractivity contribution is 0.102. The Bertz CT molecular complexity index is 863. The highest BCUT2D eigenvalue weighted by atomic mass is 19.1. The van der Waals surface area contributed by atoms with Gasteiger partial charge in [0.25, 0.3) is 5.91 Å². The monoisotopic (exact) mass is 346 g/mol. The molecule has 0 saturated heterocycles. The fourth-order valence-corrected chi connectivity index (χ4v) is 2.18. The van der Waals surface area contributed by atoms with E-state index in [-0.39, 0.29) is 23.7 Å². The summed E-state index contributed by atoms with van der Waals surface area (Å²) >= 11 is 0. The Morgan fingerprint density at radius 3 is 3.00 bits per heavy atom. The number of hydrogen-bond acceptors (Lipinski definition) is 6. The van der Waals surface area contributed by atoms with Gasteiger partial charge >= 0.3 is 0 Å². The zero-order chi connectivity index (χ0) is 17.8. The maximum Gasteiger partial charge on any atom is 0.277 e. The number of nitrogens with zero attached hydrogens (tertiary/aromatic N) is 3. The molecule has 1 atom stereocenters. The van der Waals surface area contributed by atoms with Crippen molar-refractivity contribution in [3.63, 3.8) is 0 Å². The van der Waals surface area contributed by atoms with E-state index in [1.54, 1.807) is 12.1 Å². The molecule has 130 valence electrons. The fraction of sp³-hybridized carbons (Fsp3) is 0.188. The van der Waals surface area contributed by atoms with E-state index in [1.165, 1.54) is 36.4 Å². The molecule has 2 heterocycles. The first-order valence-electron chi connectivity index (χ1n) is 7.33. The summed E-state index contributed by atoms with van der Waals surface area (Å²) in [5, 5.41) is 20.0. The second-order valence-corrected chi connectivity index (χ2v) is 5.16. The fourth-order valence-electron chi connectivity index (χ4n) is 2.18. The van der Waals surface area contributed by atoms with E-state index in [2.05, 4.69) is 15.6 Å². The van der Waals surface area contributed by atoms with Crippen molar-refractivity contribution in [1.82, 2.24) is 15.0 Å². The van der Waals surface area contributed by atoms with E-state index in [9.17, 15) is 14.3 Å². The van der Waals surface area contributed by atoms with Crippen molar-refractivity contribution < 1.29 is 23.4 Å². The number of methoxy groups -OCH3 is 1. The van der Waals surface area contributed by atoms with Crippen LogP contribution in [-0.2, 0) is 6.54 Å². The number of hydrogen-bond donors (Lipinski definition) is 2. The van der Waals surface area contributed by atoms with Crippen molar-refractivity contribution in [2.24, 2.45) is 0 Å². The highest BCUT2D eigenvalue weighted by molar-refractivity contribution is 6.02. The molecule has 0 radical (unpaired) electrons. The van der Waals surface area contributed by atoms with Gasteiger partial charge in [-0.15, -0.1) is 5.10 Å². The molecule has 1 aromatic carbocycles. The van der Waals surface area contributed by atoms with Crippen LogP contribution in [-0.4, -0.2) is 33.1 Å². The minimum atomic E-state index is -0.914. The molecule has 0 bridgehead atoms. The largest absolute Gasteiger partial charge is 0.494 e. The lowest BCUT2D eigenvalue weighted by Gasteiger charge is -2.06. The number of nitrogens with one attached hydrogen (secondary N) is 1. The molecule has 8 nitrogen and oxygen atoms in total. The molecule has 0 spiro atoms. The average Bonchev–Trinajstić information content (AvgIpc) is 3.27. The first-order chi connectivity index (χ1) is 12.1. The standard InChI is InChI=1S/C16H15FN4O4/c1-24-14-5-4-10(7-11(14)17)18-16(23)12-8-21(20-19-12)9-13(22)15-3-2-6-25-15/h2-8,13,22H,9H2,1H3,(H,18,23)/t13-/m0/s1. The Hall–Kier alpha value is -3.20. The van der Waals surface area contributed by atoms with Gasteiger partial charge in [0.15, 0.2) is 17.3 Å². The van der Waals surface area contributed by atoms with Crippen LogP contribution >= 0.6 is 0 Å². The van der Waals surface area contributed by atoms with Gasteiger partial charge in [-0.2, -0.15) is 0 Å². The third-order valence-corrected chi connectivity index (χ3v) is 3.41. The second-order valence-electron chi connectivity index (χ2n) is 5.16. The summed E-state index contributed by atoms with van der Waals surface area (Å²) in [6, 6.07) is 7.34. The van der Waals surface area contributed by atoms with E-state index < -0.39 is 17.8 Å². The van der Waals surface area contributed by atoms with Crippen LogP contribution in [0, 0.1) is 5.82 Å². The Morgan fingerprint density at radius 2 is 2.32 bits per heavy atom.